The first-order chi connectivity index (χ1) is 20.6. The number of halogens is 3. The predicted molar refractivity (Wildman–Crippen MR) is 172 cm³/mol. The number of benzene rings is 2. The number of thioether (sulfide) groups is 1. The molecule has 1 aromatic heterocycles. The lowest BCUT2D eigenvalue weighted by atomic mass is 9.96. The van der Waals surface area contributed by atoms with E-state index in [1.54, 1.807) is 31.1 Å². The molecule has 0 amide bonds. The maximum Gasteiger partial charge on any atom is 0.416 e. The molecule has 43 heavy (non-hydrogen) atoms. The van der Waals surface area contributed by atoms with Crippen molar-refractivity contribution in [2.45, 2.75) is 78.6 Å². The van der Waals surface area contributed by atoms with Crippen LogP contribution in [0, 0.1) is 19.8 Å². The Balaban J connectivity index is 1.76. The first-order valence-corrected chi connectivity index (χ1v) is 16.8. The molecule has 0 aliphatic heterocycles. The van der Waals surface area contributed by atoms with Crippen LogP contribution >= 0.6 is 11.8 Å². The van der Waals surface area contributed by atoms with Crippen LogP contribution in [-0.4, -0.2) is 41.7 Å². The van der Waals surface area contributed by atoms with Gasteiger partial charge in [0, 0.05) is 31.1 Å². The summed E-state index contributed by atoms with van der Waals surface area (Å²) >= 11 is 1.70. The van der Waals surface area contributed by atoms with Gasteiger partial charge in [-0.3, -0.25) is 0 Å². The number of rotatable bonds is 14. The molecule has 1 aliphatic carbocycles. The Morgan fingerprint density at radius 1 is 1.00 bits per heavy atom. The van der Waals surface area contributed by atoms with E-state index in [4.69, 9.17) is 4.74 Å². The van der Waals surface area contributed by atoms with Crippen molar-refractivity contribution in [3.05, 3.63) is 76.6 Å². The van der Waals surface area contributed by atoms with E-state index in [9.17, 15) is 13.2 Å². The Bertz CT molecular complexity index is 1310. The van der Waals surface area contributed by atoms with E-state index in [2.05, 4.69) is 51.8 Å². The van der Waals surface area contributed by atoms with Crippen LogP contribution in [0.3, 0.4) is 0 Å². The summed E-state index contributed by atoms with van der Waals surface area (Å²) < 4.78 is 47.5. The van der Waals surface area contributed by atoms with Gasteiger partial charge in [0.1, 0.15) is 0 Å². The normalized spacial score (nSPS) is 14.6. The minimum Gasteiger partial charge on any atom is -0.489 e. The van der Waals surface area contributed by atoms with Crippen molar-refractivity contribution in [3.63, 3.8) is 0 Å². The Morgan fingerprint density at radius 3 is 2.35 bits per heavy atom. The van der Waals surface area contributed by atoms with Gasteiger partial charge in [0.15, 0.2) is 5.75 Å². The molecule has 0 bridgehead atoms. The largest absolute Gasteiger partial charge is 0.489 e. The molecule has 1 saturated carbocycles. The van der Waals surface area contributed by atoms with Gasteiger partial charge in [-0.15, -0.1) is 0 Å². The number of nitrogens with zero attached hydrogens (tertiary/aromatic N) is 4. The second-order valence-electron chi connectivity index (χ2n) is 11.6. The molecule has 3 aromatic rings. The zero-order valence-corrected chi connectivity index (χ0v) is 26.9. The maximum atomic E-state index is 13.9. The van der Waals surface area contributed by atoms with Gasteiger partial charge >= 0.3 is 6.18 Å². The summed E-state index contributed by atoms with van der Waals surface area (Å²) in [6, 6.07) is 10.5. The second kappa shape index (κ2) is 15.2. The molecule has 1 aliphatic rings. The molecule has 0 radical (unpaired) electrons. The van der Waals surface area contributed by atoms with Crippen molar-refractivity contribution in [3.8, 4) is 5.75 Å². The molecular weight excluding hydrogens is 569 g/mol. The smallest absolute Gasteiger partial charge is 0.416 e. The van der Waals surface area contributed by atoms with Crippen LogP contribution in [0.25, 0.3) is 0 Å². The Labute approximate surface area is 259 Å². The van der Waals surface area contributed by atoms with Gasteiger partial charge in [0.05, 0.1) is 30.6 Å². The summed E-state index contributed by atoms with van der Waals surface area (Å²) in [6.45, 7) is 10.9. The molecule has 9 heteroatoms. The van der Waals surface area contributed by atoms with Crippen molar-refractivity contribution in [1.82, 2.24) is 9.97 Å². The van der Waals surface area contributed by atoms with Gasteiger partial charge in [-0.25, -0.2) is 9.97 Å². The van der Waals surface area contributed by atoms with E-state index < -0.39 is 11.7 Å². The van der Waals surface area contributed by atoms with E-state index in [-0.39, 0.29) is 6.04 Å². The number of aryl methyl sites for hydroxylation is 2. The summed E-state index contributed by atoms with van der Waals surface area (Å²) in [5, 5.41) is 0. The summed E-state index contributed by atoms with van der Waals surface area (Å²) in [5.41, 5.74) is 3.96. The highest BCUT2D eigenvalue weighted by molar-refractivity contribution is 7.98. The van der Waals surface area contributed by atoms with E-state index in [1.165, 1.54) is 37.8 Å². The van der Waals surface area contributed by atoms with Gasteiger partial charge in [0.2, 0.25) is 5.95 Å². The van der Waals surface area contributed by atoms with E-state index in [0.29, 0.717) is 48.3 Å². The average Bonchev–Trinajstić information content (AvgIpc) is 3.49. The van der Waals surface area contributed by atoms with Crippen molar-refractivity contribution in [1.29, 1.82) is 0 Å². The average molecular weight is 615 g/mol. The third-order valence-electron chi connectivity index (χ3n) is 8.25. The van der Waals surface area contributed by atoms with E-state index in [1.807, 2.05) is 19.2 Å². The van der Waals surface area contributed by atoms with Gasteiger partial charge < -0.3 is 14.5 Å². The van der Waals surface area contributed by atoms with Crippen molar-refractivity contribution in [2.75, 3.05) is 41.5 Å². The van der Waals surface area contributed by atoms with Crippen LogP contribution in [0.15, 0.2) is 48.8 Å². The number of alkyl halides is 3. The van der Waals surface area contributed by atoms with E-state index in [0.717, 1.165) is 35.7 Å². The lowest BCUT2D eigenvalue weighted by molar-refractivity contribution is -0.137. The fourth-order valence-corrected chi connectivity index (χ4v) is 6.39. The van der Waals surface area contributed by atoms with Crippen LogP contribution in [0.2, 0.25) is 0 Å². The molecule has 1 unspecified atom stereocenters. The quantitative estimate of drug-likeness (QED) is 0.169. The van der Waals surface area contributed by atoms with Crippen LogP contribution < -0.4 is 14.5 Å². The summed E-state index contributed by atoms with van der Waals surface area (Å²) in [5.74, 6) is 2.57. The van der Waals surface area contributed by atoms with Crippen molar-refractivity contribution < 1.29 is 17.9 Å². The van der Waals surface area contributed by atoms with Gasteiger partial charge in [-0.1, -0.05) is 49.1 Å². The highest BCUT2D eigenvalue weighted by Crippen LogP contribution is 2.37. The third-order valence-corrected chi connectivity index (χ3v) is 8.83. The molecule has 0 N–H and O–H groups in total. The molecule has 4 rings (SSSR count). The molecule has 5 nitrogen and oxygen atoms in total. The number of anilines is 2. The number of hydrogen-bond acceptors (Lipinski definition) is 6. The third kappa shape index (κ3) is 8.80. The van der Waals surface area contributed by atoms with E-state index >= 15 is 0 Å². The highest BCUT2D eigenvalue weighted by Gasteiger charge is 2.33. The number of hydrogen-bond donors (Lipinski definition) is 0. The lowest BCUT2D eigenvalue weighted by Gasteiger charge is -2.35. The molecule has 0 saturated heterocycles. The zero-order valence-electron chi connectivity index (χ0n) is 26.1. The summed E-state index contributed by atoms with van der Waals surface area (Å²) in [6.07, 6.45) is 6.60. The number of aromatic nitrogens is 2. The molecule has 1 atom stereocenters. The monoisotopic (exact) mass is 614 g/mol. The fourth-order valence-electron chi connectivity index (χ4n) is 6.14. The Kier molecular flexibility index (Phi) is 11.6. The molecular formula is C34H45F3N4OS. The van der Waals surface area contributed by atoms with Gasteiger partial charge in [-0.05, 0) is 81.5 Å². The Hall–Kier alpha value is -2.94. The predicted octanol–water partition coefficient (Wildman–Crippen LogP) is 9.03. The zero-order chi connectivity index (χ0) is 31.0. The summed E-state index contributed by atoms with van der Waals surface area (Å²) in [4.78, 5) is 13.9. The topological polar surface area (TPSA) is 41.5 Å². The molecule has 2 aromatic carbocycles. The van der Waals surface area contributed by atoms with Crippen molar-refractivity contribution in [2.24, 2.45) is 5.92 Å². The lowest BCUT2D eigenvalue weighted by Crippen LogP contribution is -2.33. The minimum absolute atomic E-state index is 0.373. The standard InChI is InChI=1S/C34H45F3N4OS/c1-6-31(27-17-25(4)18-29(19-27)34(35,36)37)41(33-38-20-30(21-39-33)42-14-15-43-5)23-28-16-24(3)12-13-32(28)40(7-2)22-26-10-8-9-11-26/h12-13,16-21,26,31H,6-11,14-15,22-23H2,1-5H3. The SMILES string of the molecule is CCC(c1cc(C)cc(C(F)(F)F)c1)N(Cc1cc(C)ccc1N(CC)CC1CCCC1)c1ncc(OCCSC)cn1. The second-order valence-corrected chi connectivity index (χ2v) is 12.5. The molecule has 1 heterocycles. The van der Waals surface area contributed by atoms with Crippen molar-refractivity contribution >= 4 is 23.4 Å². The Morgan fingerprint density at radius 2 is 1.72 bits per heavy atom. The fraction of sp³-hybridized carbons (Fsp3) is 0.529. The number of ether oxygens (including phenoxy) is 1. The van der Waals surface area contributed by atoms with Crippen LogP contribution in [-0.2, 0) is 12.7 Å². The van der Waals surface area contributed by atoms with Crippen LogP contribution in [0.1, 0.15) is 79.8 Å². The van der Waals surface area contributed by atoms with Gasteiger partial charge in [-0.2, -0.15) is 24.9 Å². The van der Waals surface area contributed by atoms with Crippen LogP contribution in [0.4, 0.5) is 24.8 Å². The minimum atomic E-state index is -4.43. The highest BCUT2D eigenvalue weighted by atomic mass is 32.2. The van der Waals surface area contributed by atoms with Gasteiger partial charge in [0.25, 0.3) is 0 Å². The molecule has 234 valence electrons. The first kappa shape index (κ1) is 33.0. The molecule has 1 fully saturated rings. The summed E-state index contributed by atoms with van der Waals surface area (Å²) in [7, 11) is 0. The first-order valence-electron chi connectivity index (χ1n) is 15.4. The molecule has 0 spiro atoms. The maximum absolute atomic E-state index is 13.9. The van der Waals surface area contributed by atoms with Crippen LogP contribution in [0.5, 0.6) is 5.75 Å².